The first-order valence-corrected chi connectivity index (χ1v) is 5.65. The first-order chi connectivity index (χ1) is 7.60. The number of amides is 1. The van der Waals surface area contributed by atoms with E-state index in [2.05, 4.69) is 5.32 Å². The molecule has 90 valence electrons. The third kappa shape index (κ3) is 1.59. The van der Waals surface area contributed by atoms with Gasteiger partial charge in [-0.15, -0.1) is 0 Å². The maximum atomic E-state index is 11.5. The number of methoxy groups -OCH3 is 1. The summed E-state index contributed by atoms with van der Waals surface area (Å²) < 4.78 is 5.40. The summed E-state index contributed by atoms with van der Waals surface area (Å²) in [6.45, 7) is 0. The van der Waals surface area contributed by atoms with Crippen LogP contribution in [0.4, 0.5) is 0 Å². The van der Waals surface area contributed by atoms with Crippen molar-refractivity contribution in [2.24, 2.45) is 5.41 Å². The van der Waals surface area contributed by atoms with Crippen molar-refractivity contribution in [3.63, 3.8) is 0 Å². The molecule has 5 heteroatoms. The lowest BCUT2D eigenvalue weighted by atomic mass is 9.67. The molecule has 0 aromatic carbocycles. The van der Waals surface area contributed by atoms with Crippen molar-refractivity contribution in [3.8, 4) is 0 Å². The van der Waals surface area contributed by atoms with Gasteiger partial charge in [0, 0.05) is 18.9 Å². The lowest BCUT2D eigenvalue weighted by Crippen LogP contribution is -2.52. The summed E-state index contributed by atoms with van der Waals surface area (Å²) in [5.74, 6) is -1.12. The van der Waals surface area contributed by atoms with Crippen LogP contribution >= 0.6 is 0 Å². The van der Waals surface area contributed by atoms with Gasteiger partial charge in [0.2, 0.25) is 5.91 Å². The minimum absolute atomic E-state index is 0.124. The molecule has 5 nitrogen and oxygen atoms in total. The Balaban J connectivity index is 2.31. The maximum absolute atomic E-state index is 11.5. The Kier molecular flexibility index (Phi) is 2.88. The van der Waals surface area contributed by atoms with E-state index in [1.807, 2.05) is 0 Å². The smallest absolute Gasteiger partial charge is 0.326 e. The molecule has 0 bridgehead atoms. The SMILES string of the molecule is COC1CCCCC12CC(=O)NC2C(=O)O. The monoisotopic (exact) mass is 227 g/mol. The van der Waals surface area contributed by atoms with Gasteiger partial charge in [-0.1, -0.05) is 12.8 Å². The molecule has 16 heavy (non-hydrogen) atoms. The Hall–Kier alpha value is -1.10. The highest BCUT2D eigenvalue weighted by molar-refractivity contribution is 5.89. The highest BCUT2D eigenvalue weighted by Crippen LogP contribution is 2.46. The number of carbonyl (C=O) groups is 2. The van der Waals surface area contributed by atoms with Crippen LogP contribution in [0.3, 0.4) is 0 Å². The van der Waals surface area contributed by atoms with E-state index in [9.17, 15) is 14.7 Å². The third-order valence-electron chi connectivity index (χ3n) is 3.90. The zero-order chi connectivity index (χ0) is 11.8. The summed E-state index contributed by atoms with van der Waals surface area (Å²) in [6.07, 6.45) is 3.76. The van der Waals surface area contributed by atoms with Crippen LogP contribution in [0.25, 0.3) is 0 Å². The quantitative estimate of drug-likeness (QED) is 0.721. The maximum Gasteiger partial charge on any atom is 0.326 e. The van der Waals surface area contributed by atoms with Crippen molar-refractivity contribution in [1.29, 1.82) is 0 Å². The van der Waals surface area contributed by atoms with Crippen LogP contribution < -0.4 is 5.32 Å². The fourth-order valence-corrected chi connectivity index (χ4v) is 3.18. The Morgan fingerprint density at radius 3 is 2.94 bits per heavy atom. The molecule has 3 atom stereocenters. The van der Waals surface area contributed by atoms with Crippen LogP contribution in [-0.2, 0) is 14.3 Å². The summed E-state index contributed by atoms with van der Waals surface area (Å²) in [4.78, 5) is 22.7. The predicted octanol–water partition coefficient (Wildman–Crippen LogP) is 0.535. The molecule has 0 radical (unpaired) electrons. The topological polar surface area (TPSA) is 75.6 Å². The van der Waals surface area contributed by atoms with Gasteiger partial charge in [-0.2, -0.15) is 0 Å². The summed E-state index contributed by atoms with van der Waals surface area (Å²) >= 11 is 0. The summed E-state index contributed by atoms with van der Waals surface area (Å²) in [6, 6.07) is -0.787. The minimum Gasteiger partial charge on any atom is -0.480 e. The van der Waals surface area contributed by atoms with E-state index in [1.165, 1.54) is 0 Å². The molecule has 1 spiro atoms. The molecule has 2 aliphatic rings. The van der Waals surface area contributed by atoms with Gasteiger partial charge in [0.25, 0.3) is 0 Å². The molecular weight excluding hydrogens is 210 g/mol. The van der Waals surface area contributed by atoms with E-state index >= 15 is 0 Å². The van der Waals surface area contributed by atoms with Gasteiger partial charge in [0.15, 0.2) is 0 Å². The van der Waals surface area contributed by atoms with E-state index in [0.717, 1.165) is 25.7 Å². The lowest BCUT2D eigenvalue weighted by molar-refractivity contribution is -0.147. The van der Waals surface area contributed by atoms with Crippen LogP contribution in [0.1, 0.15) is 32.1 Å². The van der Waals surface area contributed by atoms with Gasteiger partial charge in [-0.25, -0.2) is 4.79 Å². The van der Waals surface area contributed by atoms with E-state index < -0.39 is 17.4 Å². The third-order valence-corrected chi connectivity index (χ3v) is 3.90. The number of carboxylic acids is 1. The molecule has 2 N–H and O–H groups in total. The molecule has 1 aliphatic heterocycles. The Labute approximate surface area is 94.2 Å². The molecule has 1 saturated carbocycles. The number of carboxylic acid groups (broad SMARTS) is 1. The molecule has 2 fully saturated rings. The summed E-state index contributed by atoms with van der Waals surface area (Å²) in [5.41, 5.74) is -0.532. The van der Waals surface area contributed by atoms with Crippen molar-refractivity contribution >= 4 is 11.9 Å². The normalized spacial score (nSPS) is 38.7. The van der Waals surface area contributed by atoms with Crippen LogP contribution in [0.2, 0.25) is 0 Å². The van der Waals surface area contributed by atoms with Crippen LogP contribution in [0.5, 0.6) is 0 Å². The molecule has 0 aromatic heterocycles. The van der Waals surface area contributed by atoms with E-state index in [4.69, 9.17) is 4.74 Å². The Morgan fingerprint density at radius 1 is 1.56 bits per heavy atom. The predicted molar refractivity (Wildman–Crippen MR) is 55.9 cm³/mol. The minimum atomic E-state index is -0.949. The number of nitrogens with one attached hydrogen (secondary N) is 1. The zero-order valence-corrected chi connectivity index (χ0v) is 9.36. The number of hydrogen-bond donors (Lipinski definition) is 2. The second kappa shape index (κ2) is 4.05. The van der Waals surface area contributed by atoms with E-state index in [1.54, 1.807) is 7.11 Å². The van der Waals surface area contributed by atoms with Crippen molar-refractivity contribution in [2.45, 2.75) is 44.2 Å². The summed E-state index contributed by atoms with van der Waals surface area (Å²) in [7, 11) is 1.60. The molecule has 2 rings (SSSR count). The van der Waals surface area contributed by atoms with Gasteiger partial charge < -0.3 is 15.2 Å². The van der Waals surface area contributed by atoms with Crippen LogP contribution in [-0.4, -0.2) is 36.2 Å². The van der Waals surface area contributed by atoms with Crippen LogP contribution in [0.15, 0.2) is 0 Å². The Bertz CT molecular complexity index is 317. The second-order valence-corrected chi connectivity index (χ2v) is 4.72. The number of carbonyl (C=O) groups excluding carboxylic acids is 1. The van der Waals surface area contributed by atoms with Crippen molar-refractivity contribution in [2.75, 3.05) is 7.11 Å². The fraction of sp³-hybridized carbons (Fsp3) is 0.818. The standard InChI is InChI=1S/C11H17NO4/c1-16-7-4-2-3-5-11(7)6-8(13)12-9(11)10(14)15/h7,9H,2-6H2,1H3,(H,12,13)(H,14,15). The second-order valence-electron chi connectivity index (χ2n) is 4.72. The molecular formula is C11H17NO4. The lowest BCUT2D eigenvalue weighted by Gasteiger charge is -2.41. The van der Waals surface area contributed by atoms with Gasteiger partial charge in [-0.3, -0.25) is 4.79 Å². The largest absolute Gasteiger partial charge is 0.480 e. The average Bonchev–Trinajstić information content (AvgIpc) is 2.57. The first kappa shape index (κ1) is 11.4. The van der Waals surface area contributed by atoms with Gasteiger partial charge >= 0.3 is 5.97 Å². The number of ether oxygens (including phenoxy) is 1. The number of rotatable bonds is 2. The Morgan fingerprint density at radius 2 is 2.31 bits per heavy atom. The van der Waals surface area contributed by atoms with Crippen molar-refractivity contribution in [1.82, 2.24) is 5.32 Å². The fourth-order valence-electron chi connectivity index (χ4n) is 3.18. The molecule has 1 amide bonds. The van der Waals surface area contributed by atoms with E-state index in [0.29, 0.717) is 0 Å². The number of aliphatic carboxylic acids is 1. The highest BCUT2D eigenvalue weighted by atomic mass is 16.5. The van der Waals surface area contributed by atoms with Crippen molar-refractivity contribution < 1.29 is 19.4 Å². The summed E-state index contributed by atoms with van der Waals surface area (Å²) in [5, 5.41) is 11.8. The zero-order valence-electron chi connectivity index (χ0n) is 9.36. The molecule has 3 unspecified atom stereocenters. The van der Waals surface area contributed by atoms with Gasteiger partial charge in [-0.05, 0) is 12.8 Å². The molecule has 1 heterocycles. The van der Waals surface area contributed by atoms with Crippen molar-refractivity contribution in [3.05, 3.63) is 0 Å². The van der Waals surface area contributed by atoms with E-state index in [-0.39, 0.29) is 18.4 Å². The van der Waals surface area contributed by atoms with Crippen LogP contribution in [0, 0.1) is 5.41 Å². The van der Waals surface area contributed by atoms with Gasteiger partial charge in [0.1, 0.15) is 6.04 Å². The average molecular weight is 227 g/mol. The highest BCUT2D eigenvalue weighted by Gasteiger charge is 2.56. The first-order valence-electron chi connectivity index (χ1n) is 5.65. The molecule has 1 aliphatic carbocycles. The number of hydrogen-bond acceptors (Lipinski definition) is 3. The van der Waals surface area contributed by atoms with Gasteiger partial charge in [0.05, 0.1) is 6.10 Å². The molecule has 0 aromatic rings. The molecule has 1 saturated heterocycles.